The van der Waals surface area contributed by atoms with Crippen molar-refractivity contribution in [3.05, 3.63) is 34.3 Å². The third-order valence-electron chi connectivity index (χ3n) is 4.05. The molecule has 0 heterocycles. The third kappa shape index (κ3) is 2.95. The van der Waals surface area contributed by atoms with Crippen LogP contribution in [0.15, 0.2) is 18.2 Å². The van der Waals surface area contributed by atoms with Gasteiger partial charge in [0.2, 0.25) is 0 Å². The molecule has 0 aliphatic heterocycles. The average molecular weight is 265 g/mol. The minimum atomic E-state index is 0.0763. The number of carbonyl (C=O) groups excluding carboxylic acids is 1. The van der Waals surface area contributed by atoms with E-state index in [4.69, 9.17) is 11.6 Å². The molecule has 0 aromatic heterocycles. The number of benzene rings is 1. The van der Waals surface area contributed by atoms with Crippen LogP contribution >= 0.6 is 11.6 Å². The maximum absolute atomic E-state index is 11.3. The summed E-state index contributed by atoms with van der Waals surface area (Å²) >= 11 is 6.35. The van der Waals surface area contributed by atoms with E-state index in [9.17, 15) is 4.79 Å². The van der Waals surface area contributed by atoms with Gasteiger partial charge in [0.15, 0.2) is 5.78 Å². The van der Waals surface area contributed by atoms with Gasteiger partial charge in [-0.05, 0) is 49.1 Å². The second-order valence-electron chi connectivity index (χ2n) is 6.25. The number of ketones is 1. The molecule has 0 amide bonds. The molecule has 1 unspecified atom stereocenters. The maximum atomic E-state index is 11.3. The minimum Gasteiger partial charge on any atom is -0.295 e. The lowest BCUT2D eigenvalue weighted by Gasteiger charge is -2.35. The van der Waals surface area contributed by atoms with Gasteiger partial charge in [0.05, 0.1) is 0 Å². The van der Waals surface area contributed by atoms with Gasteiger partial charge in [0, 0.05) is 10.6 Å². The van der Waals surface area contributed by atoms with Crippen LogP contribution in [0, 0.1) is 5.41 Å². The summed E-state index contributed by atoms with van der Waals surface area (Å²) in [5.74, 6) is 0.620. The summed E-state index contributed by atoms with van der Waals surface area (Å²) in [5.41, 5.74) is 2.33. The van der Waals surface area contributed by atoms with E-state index in [1.54, 1.807) is 6.92 Å². The smallest absolute Gasteiger partial charge is 0.159 e. The van der Waals surface area contributed by atoms with E-state index in [-0.39, 0.29) is 5.78 Å². The Morgan fingerprint density at radius 2 is 2.11 bits per heavy atom. The van der Waals surface area contributed by atoms with Crippen molar-refractivity contribution < 1.29 is 4.79 Å². The van der Waals surface area contributed by atoms with Crippen molar-refractivity contribution in [1.82, 2.24) is 0 Å². The van der Waals surface area contributed by atoms with E-state index in [2.05, 4.69) is 13.8 Å². The van der Waals surface area contributed by atoms with Gasteiger partial charge in [-0.2, -0.15) is 0 Å². The highest BCUT2D eigenvalue weighted by molar-refractivity contribution is 6.31. The number of hydrogen-bond donors (Lipinski definition) is 0. The Kier molecular flexibility index (Phi) is 3.82. The molecule has 1 aliphatic rings. The van der Waals surface area contributed by atoms with E-state index in [1.165, 1.54) is 31.2 Å². The van der Waals surface area contributed by atoms with Gasteiger partial charge in [-0.3, -0.25) is 4.79 Å². The zero-order valence-corrected chi connectivity index (χ0v) is 12.2. The van der Waals surface area contributed by atoms with Crippen LogP contribution < -0.4 is 0 Å². The molecule has 0 N–H and O–H groups in total. The van der Waals surface area contributed by atoms with Crippen LogP contribution in [0.25, 0.3) is 0 Å². The lowest BCUT2D eigenvalue weighted by molar-refractivity contribution is 0.101. The molecule has 0 saturated heterocycles. The second kappa shape index (κ2) is 5.05. The van der Waals surface area contributed by atoms with Crippen molar-refractivity contribution in [2.45, 2.75) is 52.4 Å². The highest BCUT2D eigenvalue weighted by atomic mass is 35.5. The highest BCUT2D eigenvalue weighted by Gasteiger charge is 2.29. The molecule has 1 aliphatic carbocycles. The lowest BCUT2D eigenvalue weighted by atomic mass is 9.70. The molecule has 2 heteroatoms. The van der Waals surface area contributed by atoms with E-state index < -0.39 is 0 Å². The van der Waals surface area contributed by atoms with Gasteiger partial charge in [-0.25, -0.2) is 0 Å². The van der Waals surface area contributed by atoms with E-state index in [1.807, 2.05) is 18.2 Å². The topological polar surface area (TPSA) is 17.1 Å². The Morgan fingerprint density at radius 3 is 2.67 bits per heavy atom. The van der Waals surface area contributed by atoms with Crippen LogP contribution in [0.1, 0.15) is 68.3 Å². The van der Waals surface area contributed by atoms with Crippen molar-refractivity contribution in [2.75, 3.05) is 0 Å². The normalized spacial score (nSPS) is 22.8. The van der Waals surface area contributed by atoms with Crippen molar-refractivity contribution in [3.8, 4) is 0 Å². The Labute approximate surface area is 115 Å². The van der Waals surface area contributed by atoms with Crippen LogP contribution in [0.5, 0.6) is 0 Å². The Hall–Kier alpha value is -0.820. The molecule has 1 aromatic rings. The summed E-state index contributed by atoms with van der Waals surface area (Å²) in [6.45, 7) is 6.24. The summed E-state index contributed by atoms with van der Waals surface area (Å²) in [5, 5.41) is 0.755. The van der Waals surface area contributed by atoms with Gasteiger partial charge in [0.25, 0.3) is 0 Å². The zero-order chi connectivity index (χ0) is 13.3. The van der Waals surface area contributed by atoms with Crippen LogP contribution in [0.3, 0.4) is 0 Å². The largest absolute Gasteiger partial charge is 0.295 e. The molecule has 0 bridgehead atoms. The maximum Gasteiger partial charge on any atom is 0.159 e. The van der Waals surface area contributed by atoms with Crippen LogP contribution in [-0.4, -0.2) is 5.78 Å². The molecule has 1 aromatic carbocycles. The van der Waals surface area contributed by atoms with Crippen molar-refractivity contribution >= 4 is 17.4 Å². The molecule has 2 rings (SSSR count). The highest BCUT2D eigenvalue weighted by Crippen LogP contribution is 2.45. The molecule has 18 heavy (non-hydrogen) atoms. The average Bonchev–Trinajstić information content (AvgIpc) is 2.27. The first kappa shape index (κ1) is 13.6. The summed E-state index contributed by atoms with van der Waals surface area (Å²) in [4.78, 5) is 11.3. The molecular weight excluding hydrogens is 244 g/mol. The molecule has 98 valence electrons. The molecule has 1 atom stereocenters. The predicted octanol–water partition coefficient (Wildman–Crippen LogP) is 5.23. The first-order chi connectivity index (χ1) is 8.39. The Balaban J connectivity index is 2.26. The number of Topliss-reactive ketones (excluding diaryl/α,β-unsaturated/α-hetero) is 1. The number of carbonyl (C=O) groups is 1. The van der Waals surface area contributed by atoms with Crippen molar-refractivity contribution in [2.24, 2.45) is 5.41 Å². The van der Waals surface area contributed by atoms with Gasteiger partial charge in [-0.15, -0.1) is 0 Å². The molecule has 1 saturated carbocycles. The van der Waals surface area contributed by atoms with Crippen molar-refractivity contribution in [1.29, 1.82) is 0 Å². The van der Waals surface area contributed by atoms with Gasteiger partial charge < -0.3 is 0 Å². The monoisotopic (exact) mass is 264 g/mol. The van der Waals surface area contributed by atoms with Gasteiger partial charge in [-0.1, -0.05) is 44.0 Å². The quantitative estimate of drug-likeness (QED) is 0.669. The number of rotatable bonds is 2. The SMILES string of the molecule is CC(=O)c1ccc(C2CCCC(C)(C)C2)c(Cl)c1. The van der Waals surface area contributed by atoms with Gasteiger partial charge in [0.1, 0.15) is 0 Å². The molecular formula is C16H21ClO. The molecule has 0 radical (unpaired) electrons. The van der Waals surface area contributed by atoms with E-state index >= 15 is 0 Å². The van der Waals surface area contributed by atoms with Gasteiger partial charge >= 0.3 is 0 Å². The van der Waals surface area contributed by atoms with Crippen LogP contribution in [0.2, 0.25) is 5.02 Å². The van der Waals surface area contributed by atoms with Crippen LogP contribution in [-0.2, 0) is 0 Å². The molecule has 1 nitrogen and oxygen atoms in total. The minimum absolute atomic E-state index is 0.0763. The standard InChI is InChI=1S/C16H21ClO/c1-11(18)12-6-7-14(15(17)9-12)13-5-4-8-16(2,3)10-13/h6-7,9,13H,4-5,8,10H2,1-3H3. The first-order valence-electron chi connectivity index (χ1n) is 6.69. The number of halogens is 1. The van der Waals surface area contributed by atoms with Crippen LogP contribution in [0.4, 0.5) is 0 Å². The fourth-order valence-corrected chi connectivity index (χ4v) is 3.38. The summed E-state index contributed by atoms with van der Waals surface area (Å²) in [6, 6.07) is 5.77. The van der Waals surface area contributed by atoms with E-state index in [0.717, 1.165) is 5.02 Å². The summed E-state index contributed by atoms with van der Waals surface area (Å²) in [6.07, 6.45) is 4.96. The zero-order valence-electron chi connectivity index (χ0n) is 11.4. The predicted molar refractivity (Wildman–Crippen MR) is 76.4 cm³/mol. The summed E-state index contributed by atoms with van der Waals surface area (Å²) < 4.78 is 0. The van der Waals surface area contributed by atoms with E-state index in [0.29, 0.717) is 16.9 Å². The fraction of sp³-hybridized carbons (Fsp3) is 0.562. The Bertz CT molecular complexity index is 462. The van der Waals surface area contributed by atoms with Crippen molar-refractivity contribution in [3.63, 3.8) is 0 Å². The summed E-state index contributed by atoms with van der Waals surface area (Å²) in [7, 11) is 0. The third-order valence-corrected chi connectivity index (χ3v) is 4.38. The lowest BCUT2D eigenvalue weighted by Crippen LogP contribution is -2.21. The molecule has 0 spiro atoms. The fourth-order valence-electron chi connectivity index (χ4n) is 3.04. The second-order valence-corrected chi connectivity index (χ2v) is 6.66. The Morgan fingerprint density at radius 1 is 1.39 bits per heavy atom. The number of hydrogen-bond acceptors (Lipinski definition) is 1. The first-order valence-corrected chi connectivity index (χ1v) is 7.07. The molecule has 1 fully saturated rings.